The third-order valence-electron chi connectivity index (χ3n) is 15.9. The van der Waals surface area contributed by atoms with Crippen LogP contribution in [-0.4, -0.2) is 152 Å². The van der Waals surface area contributed by atoms with Gasteiger partial charge >= 0.3 is 44.1 Å². The van der Waals surface area contributed by atoms with E-state index >= 15 is 0 Å². The van der Waals surface area contributed by atoms with Crippen molar-refractivity contribution in [2.24, 2.45) is 0 Å². The van der Waals surface area contributed by atoms with Gasteiger partial charge in [-0.3, -0.25) is 24.3 Å². The summed E-state index contributed by atoms with van der Waals surface area (Å²) in [6.07, 6.45) is 11.6. The summed E-state index contributed by atoms with van der Waals surface area (Å²) in [5.74, 6) is -1.00. The quantitative estimate of drug-likeness (QED) is 0.0183. The Morgan fingerprint density at radius 1 is 0.574 bits per heavy atom. The zero-order valence-corrected chi connectivity index (χ0v) is 71.4. The summed E-state index contributed by atoms with van der Waals surface area (Å²) in [6, 6.07) is 45.3. The molecule has 27 heteroatoms. The third kappa shape index (κ3) is 30.3. The van der Waals surface area contributed by atoms with E-state index in [1.54, 1.807) is 72.1 Å². The van der Waals surface area contributed by atoms with Crippen LogP contribution in [0.4, 0.5) is 17.6 Å². The Bertz CT molecular complexity index is 4880. The number of benzene rings is 4. The number of nitrogens with zero attached hydrogens (tertiary/aromatic N) is 8. The first-order chi connectivity index (χ1) is 50.7. The number of ketones is 1. The van der Waals surface area contributed by atoms with Crippen LogP contribution >= 0.6 is 61.3 Å². The molecule has 0 aliphatic rings. The van der Waals surface area contributed by atoms with Crippen molar-refractivity contribution in [3.05, 3.63) is 271 Å². The average Bonchev–Trinajstić information content (AvgIpc) is 1.63. The first-order valence-electron chi connectivity index (χ1n) is 33.9. The first kappa shape index (κ1) is 93.9. The molecule has 12 aromatic rings. The zero-order valence-electron chi connectivity index (χ0n) is 63.5. The SMILES string of the molecule is C=C(c1ccc(F)cn1)c1c(CCN(C)C)sc2ccccc12.CC(=O)c1c(CCN(C)C)sc2ccccc12.CC(c1ccc(F)cn1)c1c(CCN(C)C)sc2ccccc12.CN(C)CCc1sc2ccccc2c1C(C)(O)c1ccc(F)cn1.CS(=O)(=O)O.Fc1ccc(Br)nc1.[CH2-]CCC.[HH].[Li+].[O]=[Pt]=[O]. The van der Waals surface area contributed by atoms with Gasteiger partial charge in [0.2, 0.25) is 0 Å². The van der Waals surface area contributed by atoms with E-state index in [2.05, 4.69) is 180 Å². The van der Waals surface area contributed by atoms with Gasteiger partial charge in [0.15, 0.2) is 5.78 Å². The second kappa shape index (κ2) is 47.0. The minimum atomic E-state index is -3.67. The van der Waals surface area contributed by atoms with Gasteiger partial charge in [-0.05, 0) is 201 Å². The van der Waals surface area contributed by atoms with E-state index in [0.29, 0.717) is 16.6 Å². The van der Waals surface area contributed by atoms with E-state index in [4.69, 9.17) is 11.3 Å². The van der Waals surface area contributed by atoms with Gasteiger partial charge in [0.1, 0.15) is 33.5 Å². The summed E-state index contributed by atoms with van der Waals surface area (Å²) < 4.78 is 99.9. The summed E-state index contributed by atoms with van der Waals surface area (Å²) >= 11 is 8.27. The van der Waals surface area contributed by atoms with Crippen LogP contribution in [0, 0.1) is 30.2 Å². The number of aromatic nitrogens is 4. The first-order valence-corrected chi connectivity index (χ1v) is 41.7. The Balaban J connectivity index is 0.000000346. The van der Waals surface area contributed by atoms with Gasteiger partial charge in [0.05, 0.1) is 42.4 Å². The predicted molar refractivity (Wildman–Crippen MR) is 436 cm³/mol. The number of halogens is 5. The topological polar surface area (TPSA) is 190 Å². The second-order valence-corrected chi connectivity index (χ2v) is 32.9. The second-order valence-electron chi connectivity index (χ2n) is 25.7. The summed E-state index contributed by atoms with van der Waals surface area (Å²) in [5.41, 5.74) is 5.97. The van der Waals surface area contributed by atoms with E-state index in [0.717, 1.165) is 125 Å². The Labute approximate surface area is 679 Å². The predicted octanol–water partition coefficient (Wildman–Crippen LogP) is 16.4. The standard InChI is InChI=1S/C19H21FN2OS.C19H21FN2S.C19H19FN2S.C14H17NOS.C5H3BrFN.C4H9.CH4O3S.Li.2O.Pt.H2/c1-19(23,17-9-8-13(20)12-21-17)18-14-6-4-5-7-15(14)24-16(18)10-11-22(2)3;2*1-13(16-9-8-14(20)12-21-16)19-15-6-4-5-7-17(15)23-18(19)10-11-22(2)3;1-10(16)14-11-6-4-5-7-12(11)17-13(14)8-9-15(2)3;6-5-2-1-4(7)3-8-5;1-3-4-2;1-5(2,3)4;;;;;/h4-9,12,23H,10-11H2,1-3H3;4-9,12-13H,10-11H2,1-3H3;4-9,12H,1,10-11H2,2-3H3;4-7H,8-9H2,1-3H3;1-3H;1,3-4H2,2H3;1H3,(H,2,3,4);;;;;1H/q;;;;;-1;;+1;;;;. The minimum absolute atomic E-state index is 0. The van der Waals surface area contributed by atoms with Gasteiger partial charge in [-0.15, -0.1) is 45.3 Å². The fourth-order valence-electron chi connectivity index (χ4n) is 10.8. The monoisotopic (exact) mass is 1810 g/mol. The number of pyridine rings is 4. The van der Waals surface area contributed by atoms with Crippen molar-refractivity contribution in [2.75, 3.05) is 88.8 Å². The molecule has 108 heavy (non-hydrogen) atoms. The Morgan fingerprint density at radius 2 is 0.926 bits per heavy atom. The number of rotatable bonds is 20. The maximum absolute atomic E-state index is 13.2. The van der Waals surface area contributed by atoms with Crippen LogP contribution in [0.1, 0.15) is 112 Å². The van der Waals surface area contributed by atoms with Crippen molar-refractivity contribution < 1.29 is 86.0 Å². The average molecular weight is 1810 g/mol. The molecule has 0 radical (unpaired) electrons. The number of unbranched alkanes of at least 4 members (excludes halogenated alkanes) is 1. The fourth-order valence-corrected chi connectivity index (χ4v) is 16.1. The summed E-state index contributed by atoms with van der Waals surface area (Å²) in [7, 11) is 12.9. The number of fused-ring (bicyclic) bond motifs is 4. The maximum atomic E-state index is 13.2. The van der Waals surface area contributed by atoms with Crippen LogP contribution in [0.2, 0.25) is 0 Å². The molecule has 8 aromatic heterocycles. The van der Waals surface area contributed by atoms with Gasteiger partial charge in [-0.25, -0.2) is 22.5 Å². The molecule has 12 rings (SSSR count). The molecule has 15 nitrogen and oxygen atoms in total. The molecule has 2 atom stereocenters. The number of likely N-dealkylation sites (N-methyl/N-ethyl adjacent to an activating group) is 4. The van der Waals surface area contributed by atoms with Crippen molar-refractivity contribution >= 4 is 123 Å². The molecule has 0 amide bonds. The Kier molecular flexibility index (Phi) is 40.9. The molecule has 0 aliphatic carbocycles. The Morgan fingerprint density at radius 3 is 1.32 bits per heavy atom. The summed E-state index contributed by atoms with van der Waals surface area (Å²) in [6.45, 7) is 19.4. The number of aliphatic hydroxyl groups is 1. The number of carbonyl (C=O) groups is 1. The van der Waals surface area contributed by atoms with E-state index in [9.17, 15) is 35.9 Å². The molecule has 2 unspecified atom stereocenters. The molecule has 2 N–H and O–H groups in total. The number of thiophene rings is 4. The van der Waals surface area contributed by atoms with Crippen molar-refractivity contribution in [1.82, 2.24) is 39.5 Å². The van der Waals surface area contributed by atoms with Crippen LogP contribution in [0.5, 0.6) is 0 Å². The van der Waals surface area contributed by atoms with Crippen molar-refractivity contribution in [3.8, 4) is 0 Å². The molecule has 0 fully saturated rings. The fraction of sp³-hybridized carbons (Fsp3) is 0.309. The van der Waals surface area contributed by atoms with Crippen LogP contribution in [0.3, 0.4) is 0 Å². The molecule has 4 aromatic carbocycles. The van der Waals surface area contributed by atoms with Gasteiger partial charge in [-0.1, -0.05) is 99.6 Å². The van der Waals surface area contributed by atoms with Crippen LogP contribution in [0.25, 0.3) is 45.9 Å². The molecule has 578 valence electrons. The number of hydrogen-bond acceptors (Lipinski definition) is 18. The van der Waals surface area contributed by atoms with Crippen LogP contribution < -0.4 is 18.9 Å². The van der Waals surface area contributed by atoms with Gasteiger partial charge < -0.3 is 31.6 Å². The molecule has 0 bridgehead atoms. The van der Waals surface area contributed by atoms with Gasteiger partial charge in [-0.2, -0.15) is 14.8 Å². The molecule has 0 aliphatic heterocycles. The molecule has 0 saturated carbocycles. The molecular weight excluding hydrogens is 1720 g/mol. The summed E-state index contributed by atoms with van der Waals surface area (Å²) in [4.78, 5) is 41.7. The molecule has 0 spiro atoms. The van der Waals surface area contributed by atoms with Gasteiger partial charge in [0.25, 0.3) is 10.1 Å². The molecular formula is C81H96BrF4LiN8O7PtS5. The van der Waals surface area contributed by atoms with Crippen molar-refractivity contribution in [3.63, 3.8) is 0 Å². The number of hydrogen-bond donors (Lipinski definition) is 2. The number of Topliss-reactive ketones (excluding diaryl/α,β-unsaturated/α-hetero) is 1. The molecule has 8 heterocycles. The van der Waals surface area contributed by atoms with E-state index < -0.39 is 40.0 Å². The third-order valence-corrected chi connectivity index (χ3v) is 21.3. The van der Waals surface area contributed by atoms with Crippen molar-refractivity contribution in [1.29, 1.82) is 0 Å². The normalized spacial score (nSPS) is 11.8. The number of carbonyl (C=O) groups excluding carboxylic acids is 1. The van der Waals surface area contributed by atoms with Crippen molar-refractivity contribution in [2.45, 2.75) is 77.7 Å². The zero-order chi connectivity index (χ0) is 79.1. The van der Waals surface area contributed by atoms with Crippen LogP contribution in [0.15, 0.2) is 182 Å². The van der Waals surface area contributed by atoms with Crippen LogP contribution in [-0.2, 0) is 66.7 Å². The van der Waals surface area contributed by atoms with E-state index in [1.807, 2.05) is 67.9 Å². The van der Waals surface area contributed by atoms with Gasteiger partial charge in [0, 0.05) is 111 Å². The van der Waals surface area contributed by atoms with E-state index in [-0.39, 0.29) is 49.4 Å². The Hall–Kier alpha value is -6.47. The van der Waals surface area contributed by atoms with E-state index in [1.165, 1.54) is 88.1 Å². The molecule has 0 saturated heterocycles. The summed E-state index contributed by atoms with van der Waals surface area (Å²) in [5, 5.41) is 15.9.